The van der Waals surface area contributed by atoms with Gasteiger partial charge in [0.15, 0.2) is 0 Å². The highest BCUT2D eigenvalue weighted by Crippen LogP contribution is 2.53. The van der Waals surface area contributed by atoms with Gasteiger partial charge in [-0.2, -0.15) is 0 Å². The first-order valence-corrected chi connectivity index (χ1v) is 10.5. The summed E-state index contributed by atoms with van der Waals surface area (Å²) < 4.78 is 5.48. The Morgan fingerprint density at radius 1 is 1.14 bits per heavy atom. The summed E-state index contributed by atoms with van der Waals surface area (Å²) in [5, 5.41) is 14.2. The third-order valence-corrected chi connectivity index (χ3v) is 6.51. The molecule has 2 aromatic carbocycles. The Labute approximate surface area is 172 Å². The van der Waals surface area contributed by atoms with Crippen molar-refractivity contribution < 1.29 is 14.6 Å². The maximum atomic E-state index is 14.0. The molecule has 1 amide bonds. The van der Waals surface area contributed by atoms with Crippen LogP contribution in [0.5, 0.6) is 5.75 Å². The first-order chi connectivity index (χ1) is 14.1. The number of aliphatic hydroxyl groups excluding tert-OH is 1. The number of amides is 1. The van der Waals surface area contributed by atoms with Crippen LogP contribution in [-0.4, -0.2) is 37.8 Å². The molecule has 1 aliphatic heterocycles. The normalized spacial score (nSPS) is 19.8. The summed E-state index contributed by atoms with van der Waals surface area (Å²) in [5.41, 5.74) is 2.41. The van der Waals surface area contributed by atoms with E-state index in [1.165, 1.54) is 6.42 Å². The third-order valence-electron chi connectivity index (χ3n) is 6.51. The van der Waals surface area contributed by atoms with Crippen molar-refractivity contribution in [3.63, 3.8) is 0 Å². The zero-order valence-electron chi connectivity index (χ0n) is 17.2. The molecule has 0 radical (unpaired) electrons. The molecule has 0 aromatic heterocycles. The number of hydrogen-bond acceptors (Lipinski definition) is 4. The molecule has 4 rings (SSSR count). The third kappa shape index (κ3) is 3.32. The number of aliphatic hydroxyl groups is 1. The molecular weight excluding hydrogens is 364 g/mol. The van der Waals surface area contributed by atoms with E-state index >= 15 is 0 Å². The quantitative estimate of drug-likeness (QED) is 0.786. The van der Waals surface area contributed by atoms with Gasteiger partial charge in [0.2, 0.25) is 5.91 Å². The Morgan fingerprint density at radius 3 is 2.52 bits per heavy atom. The van der Waals surface area contributed by atoms with Gasteiger partial charge in [-0.15, -0.1) is 0 Å². The Kier molecular flexibility index (Phi) is 5.61. The summed E-state index contributed by atoms with van der Waals surface area (Å²) in [4.78, 5) is 15.9. The number of likely N-dealkylation sites (N-methyl/N-ethyl adjacent to an activating group) is 1. The molecule has 154 valence electrons. The number of rotatable bonds is 6. The van der Waals surface area contributed by atoms with Gasteiger partial charge in [-0.1, -0.05) is 55.7 Å². The largest absolute Gasteiger partial charge is 0.497 e. The Morgan fingerprint density at radius 2 is 1.86 bits per heavy atom. The van der Waals surface area contributed by atoms with Crippen molar-refractivity contribution in [1.29, 1.82) is 0 Å². The van der Waals surface area contributed by atoms with Crippen LogP contribution in [0.1, 0.15) is 49.3 Å². The first kappa shape index (κ1) is 19.9. The highest BCUT2D eigenvalue weighted by atomic mass is 16.5. The highest BCUT2D eigenvalue weighted by molar-refractivity contribution is 6.09. The maximum Gasteiger partial charge on any atom is 0.238 e. The van der Waals surface area contributed by atoms with Gasteiger partial charge in [0.25, 0.3) is 0 Å². The van der Waals surface area contributed by atoms with Crippen LogP contribution in [0.3, 0.4) is 0 Å². The number of ether oxygens (including phenoxy) is 1. The molecule has 1 fully saturated rings. The zero-order valence-corrected chi connectivity index (χ0v) is 17.2. The van der Waals surface area contributed by atoms with E-state index in [0.29, 0.717) is 6.54 Å². The molecule has 2 N–H and O–H groups in total. The van der Waals surface area contributed by atoms with Crippen LogP contribution in [0.15, 0.2) is 48.5 Å². The van der Waals surface area contributed by atoms with Crippen molar-refractivity contribution in [1.82, 2.24) is 5.32 Å². The molecule has 2 atom stereocenters. The number of fused-ring (bicyclic) bond motifs is 2. The average molecular weight is 395 g/mol. The molecule has 5 nitrogen and oxygen atoms in total. The molecule has 1 aliphatic carbocycles. The van der Waals surface area contributed by atoms with E-state index in [4.69, 9.17) is 4.74 Å². The van der Waals surface area contributed by atoms with E-state index in [-0.39, 0.29) is 5.91 Å². The fourth-order valence-corrected chi connectivity index (χ4v) is 5.13. The number of carbonyl (C=O) groups is 1. The molecule has 1 spiro atoms. The summed E-state index contributed by atoms with van der Waals surface area (Å²) in [5.74, 6) is 0.841. The Bertz CT molecular complexity index is 862. The van der Waals surface area contributed by atoms with Crippen molar-refractivity contribution in [2.75, 3.05) is 25.6 Å². The van der Waals surface area contributed by atoms with Crippen molar-refractivity contribution in [3.8, 4) is 5.75 Å². The second kappa shape index (κ2) is 8.17. The van der Waals surface area contributed by atoms with Crippen LogP contribution >= 0.6 is 0 Å². The van der Waals surface area contributed by atoms with E-state index in [1.54, 1.807) is 7.11 Å². The van der Waals surface area contributed by atoms with Gasteiger partial charge in [-0.25, -0.2) is 0 Å². The van der Waals surface area contributed by atoms with E-state index in [0.717, 1.165) is 48.2 Å². The summed E-state index contributed by atoms with van der Waals surface area (Å²) in [6.07, 6.45) is 4.28. The van der Waals surface area contributed by atoms with E-state index in [9.17, 15) is 9.90 Å². The number of hydrogen-bond donors (Lipinski definition) is 2. The van der Waals surface area contributed by atoms with Gasteiger partial charge >= 0.3 is 0 Å². The molecule has 29 heavy (non-hydrogen) atoms. The van der Waals surface area contributed by atoms with E-state index in [1.807, 2.05) is 54.4 Å². The number of anilines is 1. The number of nitrogens with zero attached hydrogens (tertiary/aromatic N) is 1. The van der Waals surface area contributed by atoms with Gasteiger partial charge in [0.05, 0.1) is 30.4 Å². The standard InChI is InChI=1S/C24H30N2O3/c1-25-16-21(27)22(17-9-5-3-6-10-17)26-20-15-18(29-2)11-12-19(20)24(23(26)28)13-7-4-8-14-24/h3,5-6,9-12,15,21-22,25,27H,4,7-8,13-14,16H2,1-2H3. The summed E-state index contributed by atoms with van der Waals surface area (Å²) in [6.45, 7) is 0.398. The molecule has 2 aliphatic rings. The number of benzene rings is 2. The van der Waals surface area contributed by atoms with Crippen molar-refractivity contribution in [2.45, 2.75) is 49.7 Å². The summed E-state index contributed by atoms with van der Waals surface area (Å²) in [6, 6.07) is 15.4. The fourth-order valence-electron chi connectivity index (χ4n) is 5.13. The smallest absolute Gasteiger partial charge is 0.238 e. The number of carbonyl (C=O) groups excluding carboxylic acids is 1. The van der Waals surface area contributed by atoms with Gasteiger partial charge < -0.3 is 20.1 Å². The van der Waals surface area contributed by atoms with E-state index < -0.39 is 17.6 Å². The van der Waals surface area contributed by atoms with Crippen molar-refractivity contribution in [2.24, 2.45) is 0 Å². The van der Waals surface area contributed by atoms with E-state index in [2.05, 4.69) is 11.4 Å². The molecule has 2 unspecified atom stereocenters. The lowest BCUT2D eigenvalue weighted by atomic mass is 9.70. The topological polar surface area (TPSA) is 61.8 Å². The van der Waals surface area contributed by atoms with Crippen LogP contribution < -0.4 is 15.0 Å². The molecule has 2 aromatic rings. The van der Waals surface area contributed by atoms with Crippen LogP contribution in [0.2, 0.25) is 0 Å². The minimum atomic E-state index is -0.732. The monoisotopic (exact) mass is 394 g/mol. The Balaban J connectivity index is 1.88. The molecule has 0 saturated heterocycles. The molecule has 1 saturated carbocycles. The zero-order chi connectivity index (χ0) is 20.4. The fraction of sp³-hybridized carbons (Fsp3) is 0.458. The lowest BCUT2D eigenvalue weighted by molar-refractivity contribution is -0.125. The SMILES string of the molecule is CNCC(O)C(c1ccccc1)N1C(=O)C2(CCCCC2)c2ccc(OC)cc21. The van der Waals surface area contributed by atoms with Gasteiger partial charge in [0, 0.05) is 12.6 Å². The van der Waals surface area contributed by atoms with Gasteiger partial charge in [-0.05, 0) is 37.1 Å². The highest BCUT2D eigenvalue weighted by Gasteiger charge is 2.53. The number of methoxy groups -OCH3 is 1. The summed E-state index contributed by atoms with van der Waals surface area (Å²) >= 11 is 0. The molecular formula is C24H30N2O3. The second-order valence-corrected chi connectivity index (χ2v) is 8.18. The molecule has 1 heterocycles. The van der Waals surface area contributed by atoms with Gasteiger partial charge in [0.1, 0.15) is 5.75 Å². The first-order valence-electron chi connectivity index (χ1n) is 10.5. The molecule has 0 bridgehead atoms. The van der Waals surface area contributed by atoms with Crippen LogP contribution in [0.25, 0.3) is 0 Å². The average Bonchev–Trinajstić information content (AvgIpc) is 2.98. The summed E-state index contributed by atoms with van der Waals surface area (Å²) in [7, 11) is 3.46. The minimum Gasteiger partial charge on any atom is -0.497 e. The maximum absolute atomic E-state index is 14.0. The van der Waals surface area contributed by atoms with Gasteiger partial charge in [-0.3, -0.25) is 4.79 Å². The minimum absolute atomic E-state index is 0.115. The van der Waals surface area contributed by atoms with Crippen LogP contribution in [0.4, 0.5) is 5.69 Å². The van der Waals surface area contributed by atoms with Crippen LogP contribution in [0, 0.1) is 0 Å². The second-order valence-electron chi connectivity index (χ2n) is 8.18. The lowest BCUT2D eigenvalue weighted by Crippen LogP contribution is -2.47. The lowest BCUT2D eigenvalue weighted by Gasteiger charge is -2.36. The predicted molar refractivity (Wildman–Crippen MR) is 114 cm³/mol. The number of nitrogens with one attached hydrogen (secondary N) is 1. The predicted octanol–water partition coefficient (Wildman–Crippen LogP) is 3.57. The van der Waals surface area contributed by atoms with Crippen molar-refractivity contribution in [3.05, 3.63) is 59.7 Å². The molecule has 5 heteroatoms. The Hall–Kier alpha value is -2.37. The van der Waals surface area contributed by atoms with Crippen molar-refractivity contribution >= 4 is 11.6 Å². The van der Waals surface area contributed by atoms with Crippen LogP contribution in [-0.2, 0) is 10.2 Å².